The van der Waals surface area contributed by atoms with Crippen molar-refractivity contribution in [2.75, 3.05) is 44.2 Å². The molecule has 0 radical (unpaired) electrons. The molecule has 1 aromatic heterocycles. The molecular weight excluding hydrogens is 321 g/mol. The van der Waals surface area contributed by atoms with E-state index in [0.29, 0.717) is 18.7 Å². The number of carbonyl (C=O) groups is 1. The van der Waals surface area contributed by atoms with Crippen LogP contribution in [0.2, 0.25) is 0 Å². The highest BCUT2D eigenvalue weighted by molar-refractivity contribution is 5.92. The molecule has 0 amide bonds. The van der Waals surface area contributed by atoms with Crippen molar-refractivity contribution >= 4 is 22.6 Å². The number of anilines is 1. The number of benzene rings is 1. The third-order valence-corrected chi connectivity index (χ3v) is 4.48. The van der Waals surface area contributed by atoms with E-state index in [1.807, 2.05) is 26.0 Å². The number of esters is 1. The second-order valence-corrected chi connectivity index (χ2v) is 6.34. The second-order valence-electron chi connectivity index (χ2n) is 6.34. The van der Waals surface area contributed by atoms with E-state index in [9.17, 15) is 9.18 Å². The number of aryl methyl sites for hydroxylation is 1. The number of aromatic nitrogens is 1. The van der Waals surface area contributed by atoms with Crippen LogP contribution in [-0.2, 0) is 9.53 Å². The van der Waals surface area contributed by atoms with Gasteiger partial charge < -0.3 is 9.64 Å². The Kier molecular flexibility index (Phi) is 5.48. The largest absolute Gasteiger partial charge is 0.465 e. The maximum Gasteiger partial charge on any atom is 0.320 e. The molecule has 1 aliphatic heterocycles. The van der Waals surface area contributed by atoms with Gasteiger partial charge in [-0.3, -0.25) is 9.69 Å². The first-order valence-corrected chi connectivity index (χ1v) is 8.77. The highest BCUT2D eigenvalue weighted by atomic mass is 19.1. The third kappa shape index (κ3) is 4.07. The lowest BCUT2D eigenvalue weighted by Crippen LogP contribution is -2.35. The van der Waals surface area contributed by atoms with Crippen LogP contribution in [0.1, 0.15) is 19.0 Å². The number of pyridine rings is 1. The van der Waals surface area contributed by atoms with Crippen LogP contribution >= 0.6 is 0 Å². The molecule has 0 spiro atoms. The van der Waals surface area contributed by atoms with Crippen molar-refractivity contribution in [3.8, 4) is 0 Å². The number of carbonyl (C=O) groups excluding carboxylic acids is 1. The summed E-state index contributed by atoms with van der Waals surface area (Å²) in [4.78, 5) is 20.4. The molecule has 0 N–H and O–H groups in total. The Morgan fingerprint density at radius 2 is 2.12 bits per heavy atom. The van der Waals surface area contributed by atoms with Crippen molar-refractivity contribution < 1.29 is 13.9 Å². The summed E-state index contributed by atoms with van der Waals surface area (Å²) < 4.78 is 19.2. The van der Waals surface area contributed by atoms with Crippen molar-refractivity contribution in [1.82, 2.24) is 9.88 Å². The van der Waals surface area contributed by atoms with Gasteiger partial charge in [-0.1, -0.05) is 12.1 Å². The molecule has 0 unspecified atom stereocenters. The minimum Gasteiger partial charge on any atom is -0.465 e. The minimum absolute atomic E-state index is 0.178. The van der Waals surface area contributed by atoms with E-state index < -0.39 is 0 Å². The van der Waals surface area contributed by atoms with Crippen LogP contribution in [0.4, 0.5) is 10.1 Å². The molecule has 1 fully saturated rings. The second kappa shape index (κ2) is 7.78. The summed E-state index contributed by atoms with van der Waals surface area (Å²) in [5.41, 5.74) is 2.24. The molecule has 0 aliphatic carbocycles. The molecule has 1 aromatic carbocycles. The third-order valence-electron chi connectivity index (χ3n) is 4.48. The Morgan fingerprint density at radius 3 is 2.92 bits per heavy atom. The number of para-hydroxylation sites is 1. The molecular formula is C19H24FN3O2. The summed E-state index contributed by atoms with van der Waals surface area (Å²) in [7, 11) is 0. The van der Waals surface area contributed by atoms with Gasteiger partial charge in [-0.2, -0.15) is 0 Å². The first kappa shape index (κ1) is 17.6. The Morgan fingerprint density at radius 1 is 1.28 bits per heavy atom. The van der Waals surface area contributed by atoms with E-state index in [1.165, 1.54) is 6.07 Å². The summed E-state index contributed by atoms with van der Waals surface area (Å²) in [6.07, 6.45) is 0.942. The SMILES string of the molecule is CCOC(=O)CN1CCCN(c2cc(C)nc3c(F)cccc23)CC1. The molecule has 6 heteroatoms. The zero-order chi connectivity index (χ0) is 17.8. The van der Waals surface area contributed by atoms with Crippen molar-refractivity contribution in [2.45, 2.75) is 20.3 Å². The van der Waals surface area contributed by atoms with Crippen molar-refractivity contribution in [3.05, 3.63) is 35.8 Å². The topological polar surface area (TPSA) is 45.7 Å². The molecule has 3 rings (SSSR count). The van der Waals surface area contributed by atoms with E-state index >= 15 is 0 Å². The molecule has 5 nitrogen and oxygen atoms in total. The van der Waals surface area contributed by atoms with E-state index in [-0.39, 0.29) is 11.8 Å². The molecule has 0 atom stereocenters. The van der Waals surface area contributed by atoms with E-state index in [4.69, 9.17) is 4.74 Å². The van der Waals surface area contributed by atoms with Crippen LogP contribution in [0.25, 0.3) is 10.9 Å². The molecule has 0 bridgehead atoms. The van der Waals surface area contributed by atoms with E-state index in [0.717, 1.165) is 49.4 Å². The fourth-order valence-electron chi connectivity index (χ4n) is 3.34. The van der Waals surface area contributed by atoms with Gasteiger partial charge in [0.1, 0.15) is 11.3 Å². The normalized spacial score (nSPS) is 16.0. The lowest BCUT2D eigenvalue weighted by Gasteiger charge is -2.25. The number of hydrogen-bond acceptors (Lipinski definition) is 5. The van der Waals surface area contributed by atoms with Gasteiger partial charge in [0.2, 0.25) is 0 Å². The highest BCUT2D eigenvalue weighted by Gasteiger charge is 2.20. The maximum atomic E-state index is 14.1. The van der Waals surface area contributed by atoms with Crippen LogP contribution in [0.15, 0.2) is 24.3 Å². The Labute approximate surface area is 147 Å². The number of rotatable bonds is 4. The quantitative estimate of drug-likeness (QED) is 0.798. The standard InChI is InChI=1S/C19H24FN3O2/c1-3-25-18(24)13-22-8-5-9-23(11-10-22)17-12-14(2)21-19-15(17)6-4-7-16(19)20/h4,6-7,12H,3,5,8-11,13H2,1-2H3. The lowest BCUT2D eigenvalue weighted by atomic mass is 10.1. The van der Waals surface area contributed by atoms with Gasteiger partial charge in [-0.05, 0) is 32.4 Å². The van der Waals surface area contributed by atoms with Crippen LogP contribution in [0, 0.1) is 12.7 Å². The first-order chi connectivity index (χ1) is 12.1. The van der Waals surface area contributed by atoms with Crippen LogP contribution in [0.3, 0.4) is 0 Å². The van der Waals surface area contributed by atoms with Crippen molar-refractivity contribution in [3.63, 3.8) is 0 Å². The number of halogens is 1. The average molecular weight is 345 g/mol. The van der Waals surface area contributed by atoms with Gasteiger partial charge in [0.05, 0.1) is 13.2 Å². The highest BCUT2D eigenvalue weighted by Crippen LogP contribution is 2.29. The predicted molar refractivity (Wildman–Crippen MR) is 96.3 cm³/mol. The van der Waals surface area contributed by atoms with Crippen LogP contribution in [0.5, 0.6) is 0 Å². The number of nitrogens with zero attached hydrogens (tertiary/aromatic N) is 3. The number of hydrogen-bond donors (Lipinski definition) is 0. The monoisotopic (exact) mass is 345 g/mol. The Hall–Kier alpha value is -2.21. The van der Waals surface area contributed by atoms with Gasteiger partial charge in [0, 0.05) is 42.9 Å². The average Bonchev–Trinajstić information content (AvgIpc) is 2.81. The zero-order valence-corrected chi connectivity index (χ0v) is 14.8. The zero-order valence-electron chi connectivity index (χ0n) is 14.8. The summed E-state index contributed by atoms with van der Waals surface area (Å²) >= 11 is 0. The van der Waals surface area contributed by atoms with Crippen LogP contribution in [-0.4, -0.2) is 55.2 Å². The Bertz CT molecular complexity index is 766. The molecule has 2 aromatic rings. The van der Waals surface area contributed by atoms with Crippen molar-refractivity contribution in [1.29, 1.82) is 0 Å². The van der Waals surface area contributed by atoms with Crippen molar-refractivity contribution in [2.24, 2.45) is 0 Å². The van der Waals surface area contributed by atoms with E-state index in [2.05, 4.69) is 14.8 Å². The minimum atomic E-state index is -0.291. The molecule has 1 saturated heterocycles. The van der Waals surface area contributed by atoms with Gasteiger partial charge in [0.15, 0.2) is 0 Å². The number of ether oxygens (including phenoxy) is 1. The summed E-state index contributed by atoms with van der Waals surface area (Å²) in [6, 6.07) is 7.11. The van der Waals surface area contributed by atoms with Gasteiger partial charge in [0.25, 0.3) is 0 Å². The van der Waals surface area contributed by atoms with Gasteiger partial charge in [-0.25, -0.2) is 9.37 Å². The summed E-state index contributed by atoms with van der Waals surface area (Å²) in [6.45, 7) is 7.73. The summed E-state index contributed by atoms with van der Waals surface area (Å²) in [5.74, 6) is -0.468. The van der Waals surface area contributed by atoms with E-state index in [1.54, 1.807) is 6.07 Å². The Balaban J connectivity index is 1.80. The summed E-state index contributed by atoms with van der Waals surface area (Å²) in [5, 5.41) is 0.837. The first-order valence-electron chi connectivity index (χ1n) is 8.77. The fourth-order valence-corrected chi connectivity index (χ4v) is 3.34. The molecule has 25 heavy (non-hydrogen) atoms. The van der Waals surface area contributed by atoms with Gasteiger partial charge in [-0.15, -0.1) is 0 Å². The molecule has 2 heterocycles. The lowest BCUT2D eigenvalue weighted by molar-refractivity contribution is -0.144. The van der Waals surface area contributed by atoms with Crippen LogP contribution < -0.4 is 4.90 Å². The fraction of sp³-hybridized carbons (Fsp3) is 0.474. The molecule has 1 aliphatic rings. The predicted octanol–water partition coefficient (Wildman–Crippen LogP) is 2.76. The molecule has 134 valence electrons. The molecule has 0 saturated carbocycles. The number of fused-ring (bicyclic) bond motifs is 1. The smallest absolute Gasteiger partial charge is 0.320 e. The maximum absolute atomic E-state index is 14.1. The van der Waals surface area contributed by atoms with Gasteiger partial charge >= 0.3 is 5.97 Å².